The Balaban J connectivity index is 1.82. The number of esters is 1. The van der Waals surface area contributed by atoms with Crippen LogP contribution in [0.15, 0.2) is 42.5 Å². The van der Waals surface area contributed by atoms with Crippen LogP contribution in [-0.4, -0.2) is 37.5 Å². The van der Waals surface area contributed by atoms with Crippen molar-refractivity contribution in [3.05, 3.63) is 48.0 Å². The lowest BCUT2D eigenvalue weighted by atomic mass is 10.1. The average Bonchev–Trinajstić information content (AvgIpc) is 2.56. The third-order valence-corrected chi connectivity index (χ3v) is 3.44. The van der Waals surface area contributed by atoms with Crippen molar-refractivity contribution in [1.82, 2.24) is 0 Å². The first-order valence-electron chi connectivity index (χ1n) is 7.75. The maximum atomic E-state index is 11.2. The number of hydrogen-bond acceptors (Lipinski definition) is 5. The number of carbonyl (C=O) groups is 1. The molecule has 24 heavy (non-hydrogen) atoms. The molecular weight excluding hydrogens is 308 g/mol. The highest BCUT2D eigenvalue weighted by Crippen LogP contribution is 2.35. The van der Waals surface area contributed by atoms with Crippen LogP contribution in [0.4, 0.5) is 0 Å². The zero-order valence-electron chi connectivity index (χ0n) is 14.0. The molecule has 0 saturated carbocycles. The van der Waals surface area contributed by atoms with Crippen LogP contribution in [0, 0.1) is 6.92 Å². The molecule has 2 aromatic rings. The summed E-state index contributed by atoms with van der Waals surface area (Å²) in [6.45, 7) is 8.22. The van der Waals surface area contributed by atoms with Gasteiger partial charge in [0.05, 0.1) is 13.2 Å². The van der Waals surface area contributed by atoms with Crippen LogP contribution >= 0.6 is 0 Å². The lowest BCUT2D eigenvalue weighted by Gasteiger charge is -2.13. The molecule has 0 aliphatic rings. The molecule has 0 aliphatic carbocycles. The smallest absolute Gasteiger partial charge is 0.333 e. The van der Waals surface area contributed by atoms with E-state index in [1.165, 1.54) is 0 Å². The third kappa shape index (κ3) is 4.49. The van der Waals surface area contributed by atoms with Gasteiger partial charge in [0, 0.05) is 16.3 Å². The monoisotopic (exact) mass is 330 g/mol. The SMILES string of the molecule is C=C(C)C(=O)OCCOCCOc1c(C)cc(O)c2ccccc12. The van der Waals surface area contributed by atoms with E-state index in [4.69, 9.17) is 14.2 Å². The molecule has 0 fully saturated rings. The van der Waals surface area contributed by atoms with Crippen LogP contribution in [0.25, 0.3) is 10.8 Å². The normalized spacial score (nSPS) is 10.6. The molecule has 5 heteroatoms. The Morgan fingerprint density at radius 3 is 2.50 bits per heavy atom. The largest absolute Gasteiger partial charge is 0.507 e. The zero-order valence-corrected chi connectivity index (χ0v) is 14.0. The molecule has 0 atom stereocenters. The van der Waals surface area contributed by atoms with E-state index < -0.39 is 5.97 Å². The van der Waals surface area contributed by atoms with Gasteiger partial charge < -0.3 is 19.3 Å². The zero-order chi connectivity index (χ0) is 17.5. The molecule has 0 radical (unpaired) electrons. The molecule has 5 nitrogen and oxygen atoms in total. The molecule has 0 aromatic heterocycles. The number of ether oxygens (including phenoxy) is 3. The second-order valence-corrected chi connectivity index (χ2v) is 5.46. The van der Waals surface area contributed by atoms with Crippen LogP contribution in [0.3, 0.4) is 0 Å². The summed E-state index contributed by atoms with van der Waals surface area (Å²) in [5.41, 5.74) is 1.23. The molecule has 0 spiro atoms. The number of hydrogen-bond donors (Lipinski definition) is 1. The number of phenolic OH excluding ortho intramolecular Hbond substituents is 1. The van der Waals surface area contributed by atoms with Crippen molar-refractivity contribution in [2.24, 2.45) is 0 Å². The molecule has 0 heterocycles. The van der Waals surface area contributed by atoms with E-state index in [0.29, 0.717) is 25.4 Å². The summed E-state index contributed by atoms with van der Waals surface area (Å²) >= 11 is 0. The standard InChI is InChI=1S/C19H22O5/c1-13(2)19(21)24-11-9-22-8-10-23-18-14(3)12-17(20)15-6-4-5-7-16(15)18/h4-7,12,20H,1,8-11H2,2-3H3. The van der Waals surface area contributed by atoms with Gasteiger partial charge in [-0.05, 0) is 25.5 Å². The Morgan fingerprint density at radius 2 is 1.79 bits per heavy atom. The van der Waals surface area contributed by atoms with Gasteiger partial charge in [0.15, 0.2) is 0 Å². The second kappa shape index (κ2) is 8.36. The van der Waals surface area contributed by atoms with Crippen molar-refractivity contribution in [1.29, 1.82) is 0 Å². The van der Waals surface area contributed by atoms with Gasteiger partial charge in [-0.15, -0.1) is 0 Å². The summed E-state index contributed by atoms with van der Waals surface area (Å²) in [5, 5.41) is 11.6. The van der Waals surface area contributed by atoms with Crippen molar-refractivity contribution in [3.8, 4) is 11.5 Å². The van der Waals surface area contributed by atoms with Gasteiger partial charge in [0.2, 0.25) is 0 Å². The molecule has 128 valence electrons. The van der Waals surface area contributed by atoms with Crippen LogP contribution in [-0.2, 0) is 14.3 Å². The Hall–Kier alpha value is -2.53. The predicted octanol–water partition coefficient (Wildman–Crippen LogP) is 3.37. The third-order valence-electron chi connectivity index (χ3n) is 3.44. The Labute approximate surface area is 141 Å². The van der Waals surface area contributed by atoms with Crippen molar-refractivity contribution in [2.45, 2.75) is 13.8 Å². The molecule has 0 bridgehead atoms. The van der Waals surface area contributed by atoms with Gasteiger partial charge >= 0.3 is 5.97 Å². The van der Waals surface area contributed by atoms with Gasteiger partial charge in [-0.3, -0.25) is 0 Å². The van der Waals surface area contributed by atoms with E-state index in [2.05, 4.69) is 6.58 Å². The minimum absolute atomic E-state index is 0.187. The first-order chi connectivity index (χ1) is 11.5. The van der Waals surface area contributed by atoms with Crippen LogP contribution < -0.4 is 4.74 Å². The van der Waals surface area contributed by atoms with E-state index in [-0.39, 0.29) is 12.4 Å². The number of fused-ring (bicyclic) bond motifs is 1. The van der Waals surface area contributed by atoms with Crippen molar-refractivity contribution >= 4 is 16.7 Å². The van der Waals surface area contributed by atoms with Gasteiger partial charge in [0.1, 0.15) is 24.7 Å². The van der Waals surface area contributed by atoms with E-state index in [9.17, 15) is 9.90 Å². The second-order valence-electron chi connectivity index (χ2n) is 5.46. The minimum Gasteiger partial charge on any atom is -0.507 e. The van der Waals surface area contributed by atoms with Crippen molar-refractivity contribution in [2.75, 3.05) is 26.4 Å². The molecule has 1 N–H and O–H groups in total. The summed E-state index contributed by atoms with van der Waals surface area (Å²) in [7, 11) is 0. The van der Waals surface area contributed by atoms with Gasteiger partial charge in [0.25, 0.3) is 0 Å². The van der Waals surface area contributed by atoms with Gasteiger partial charge in [-0.25, -0.2) is 4.79 Å². The highest BCUT2D eigenvalue weighted by Gasteiger charge is 2.10. The first kappa shape index (κ1) is 17.8. The van der Waals surface area contributed by atoms with E-state index in [1.54, 1.807) is 13.0 Å². The highest BCUT2D eigenvalue weighted by atomic mass is 16.6. The molecule has 0 unspecified atom stereocenters. The number of phenols is 1. The number of carbonyl (C=O) groups excluding carboxylic acids is 1. The number of rotatable bonds is 8. The Morgan fingerprint density at radius 1 is 1.12 bits per heavy atom. The average molecular weight is 330 g/mol. The van der Waals surface area contributed by atoms with Crippen LogP contribution in [0.2, 0.25) is 0 Å². The molecule has 0 amide bonds. The highest BCUT2D eigenvalue weighted by molar-refractivity contribution is 5.94. The summed E-state index contributed by atoms with van der Waals surface area (Å²) in [5.74, 6) is 0.563. The van der Waals surface area contributed by atoms with E-state index >= 15 is 0 Å². The maximum absolute atomic E-state index is 11.2. The lowest BCUT2D eigenvalue weighted by Crippen LogP contribution is -2.14. The van der Waals surface area contributed by atoms with Gasteiger partial charge in [-0.1, -0.05) is 30.8 Å². The maximum Gasteiger partial charge on any atom is 0.333 e. The van der Waals surface area contributed by atoms with E-state index in [1.807, 2.05) is 31.2 Å². The lowest BCUT2D eigenvalue weighted by molar-refractivity contribution is -0.140. The molecular formula is C19H22O5. The van der Waals surface area contributed by atoms with Crippen LogP contribution in [0.5, 0.6) is 11.5 Å². The summed E-state index contributed by atoms with van der Waals surface area (Å²) in [6.07, 6.45) is 0. The number of benzene rings is 2. The fraction of sp³-hybridized carbons (Fsp3) is 0.316. The van der Waals surface area contributed by atoms with Crippen molar-refractivity contribution < 1.29 is 24.1 Å². The van der Waals surface area contributed by atoms with Crippen LogP contribution in [0.1, 0.15) is 12.5 Å². The number of aryl methyl sites for hydroxylation is 1. The predicted molar refractivity (Wildman–Crippen MR) is 92.4 cm³/mol. The van der Waals surface area contributed by atoms with Gasteiger partial charge in [-0.2, -0.15) is 0 Å². The Bertz CT molecular complexity index is 736. The van der Waals surface area contributed by atoms with E-state index in [0.717, 1.165) is 22.1 Å². The summed E-state index contributed by atoms with van der Waals surface area (Å²) < 4.78 is 16.1. The fourth-order valence-electron chi connectivity index (χ4n) is 2.28. The Kier molecular flexibility index (Phi) is 6.21. The quantitative estimate of drug-likeness (QED) is 0.457. The fourth-order valence-corrected chi connectivity index (χ4v) is 2.28. The topological polar surface area (TPSA) is 65.0 Å². The summed E-state index contributed by atoms with van der Waals surface area (Å²) in [4.78, 5) is 11.2. The molecule has 0 aliphatic heterocycles. The minimum atomic E-state index is -0.416. The molecule has 2 aromatic carbocycles. The number of aromatic hydroxyl groups is 1. The molecule has 0 saturated heterocycles. The van der Waals surface area contributed by atoms with Crippen molar-refractivity contribution in [3.63, 3.8) is 0 Å². The summed E-state index contributed by atoms with van der Waals surface area (Å²) in [6, 6.07) is 9.23. The first-order valence-corrected chi connectivity index (χ1v) is 7.75. The molecule has 2 rings (SSSR count).